The van der Waals surface area contributed by atoms with Crippen LogP contribution in [0.3, 0.4) is 0 Å². The first-order valence-electron chi connectivity index (χ1n) is 7.55. The van der Waals surface area contributed by atoms with Gasteiger partial charge in [-0.15, -0.1) is 0 Å². The average Bonchev–Trinajstić information content (AvgIpc) is 2.48. The van der Waals surface area contributed by atoms with E-state index < -0.39 is 13.0 Å². The summed E-state index contributed by atoms with van der Waals surface area (Å²) in [4.78, 5) is 22.6. The predicted octanol–water partition coefficient (Wildman–Crippen LogP) is 2.08. The van der Waals surface area contributed by atoms with E-state index in [4.69, 9.17) is 0 Å². The molecule has 1 fully saturated rings. The van der Waals surface area contributed by atoms with Gasteiger partial charge in [0.1, 0.15) is 5.82 Å². The molecule has 1 aromatic rings. The molecule has 1 N–H and O–H groups in total. The number of halogens is 2. The first kappa shape index (κ1) is 16.6. The highest BCUT2D eigenvalue weighted by Gasteiger charge is 2.23. The molecule has 0 saturated carbocycles. The molecule has 1 amide bonds. The van der Waals surface area contributed by atoms with E-state index in [9.17, 15) is 13.6 Å². The molecule has 22 heavy (non-hydrogen) atoms. The smallest absolute Gasteiger partial charge is 0.255 e. The van der Waals surface area contributed by atoms with Crippen LogP contribution in [-0.2, 0) is 4.79 Å². The summed E-state index contributed by atoms with van der Waals surface area (Å²) in [5, 5.41) is 2.26. The van der Waals surface area contributed by atoms with E-state index >= 15 is 0 Å². The Morgan fingerprint density at radius 3 is 2.73 bits per heavy atom. The predicted molar refractivity (Wildman–Crippen MR) is 80.1 cm³/mol. The molecule has 2 heterocycles. The number of carbonyl (C=O) groups is 1. The minimum atomic E-state index is -2.49. The van der Waals surface area contributed by atoms with Crippen molar-refractivity contribution in [3.05, 3.63) is 17.6 Å². The molecule has 0 aliphatic carbocycles. The lowest BCUT2D eigenvalue weighted by atomic mass is 9.93. The number of aryl methyl sites for hydroxylation is 2. The van der Waals surface area contributed by atoms with Crippen molar-refractivity contribution >= 4 is 11.7 Å². The second kappa shape index (κ2) is 7.47. The summed E-state index contributed by atoms with van der Waals surface area (Å²) in [6.07, 6.45) is 1.29. The van der Waals surface area contributed by atoms with Crippen LogP contribution in [-0.4, -0.2) is 41.9 Å². The molecule has 0 atom stereocenters. The number of hydrogen-bond acceptors (Lipinski definition) is 4. The number of aromatic nitrogens is 2. The van der Waals surface area contributed by atoms with E-state index in [2.05, 4.69) is 20.2 Å². The Labute approximate surface area is 129 Å². The third kappa shape index (κ3) is 4.61. The molecule has 122 valence electrons. The van der Waals surface area contributed by atoms with Crippen LogP contribution in [0.15, 0.2) is 6.20 Å². The molecule has 1 aliphatic rings. The minimum absolute atomic E-state index is 0.243. The Morgan fingerprint density at radius 2 is 2.09 bits per heavy atom. The summed E-state index contributed by atoms with van der Waals surface area (Å²) in [7, 11) is 0. The van der Waals surface area contributed by atoms with Gasteiger partial charge in [-0.2, -0.15) is 0 Å². The third-order valence-corrected chi connectivity index (χ3v) is 3.89. The fourth-order valence-electron chi connectivity index (χ4n) is 2.70. The molecule has 1 aromatic heterocycles. The summed E-state index contributed by atoms with van der Waals surface area (Å²) in [6, 6.07) is 0. The van der Waals surface area contributed by atoms with Crippen molar-refractivity contribution in [3.8, 4) is 0 Å². The van der Waals surface area contributed by atoms with Crippen LogP contribution >= 0.6 is 0 Å². The molecule has 1 aliphatic heterocycles. The molecule has 5 nitrogen and oxygen atoms in total. The summed E-state index contributed by atoms with van der Waals surface area (Å²) in [6.45, 7) is 4.91. The quantitative estimate of drug-likeness (QED) is 0.904. The number of rotatable bonds is 5. The molecular formula is C15H22F2N4O. The molecule has 2 rings (SSSR count). The van der Waals surface area contributed by atoms with Gasteiger partial charge in [-0.3, -0.25) is 9.78 Å². The Hall–Kier alpha value is -1.79. The van der Waals surface area contributed by atoms with E-state index in [0.29, 0.717) is 6.42 Å². The van der Waals surface area contributed by atoms with Gasteiger partial charge in [0, 0.05) is 25.7 Å². The van der Waals surface area contributed by atoms with Crippen LogP contribution in [0.4, 0.5) is 14.6 Å². The van der Waals surface area contributed by atoms with Crippen LogP contribution in [0.1, 0.15) is 30.7 Å². The van der Waals surface area contributed by atoms with E-state index in [1.54, 1.807) is 6.20 Å². The number of carbonyl (C=O) groups excluding carboxylic acids is 1. The number of alkyl halides is 2. The highest BCUT2D eigenvalue weighted by molar-refractivity contribution is 5.76. The average molecular weight is 312 g/mol. The minimum Gasteiger partial charge on any atom is -0.355 e. The maximum atomic E-state index is 12.0. The van der Waals surface area contributed by atoms with Crippen LogP contribution in [0, 0.1) is 19.8 Å². The zero-order chi connectivity index (χ0) is 16.1. The molecule has 0 spiro atoms. The van der Waals surface area contributed by atoms with Crippen LogP contribution < -0.4 is 10.2 Å². The molecule has 0 unspecified atom stereocenters. The van der Waals surface area contributed by atoms with Gasteiger partial charge in [0.05, 0.1) is 17.9 Å². The van der Waals surface area contributed by atoms with Gasteiger partial charge in [-0.25, -0.2) is 13.8 Å². The summed E-state index contributed by atoms with van der Waals surface area (Å²) in [5.74, 6) is 0.859. The van der Waals surface area contributed by atoms with Gasteiger partial charge in [-0.05, 0) is 32.6 Å². The molecule has 0 bridgehead atoms. The SMILES string of the molecule is Cc1cnc(C)c(N2CCC(CC(=O)NCC(F)F)CC2)n1. The first-order chi connectivity index (χ1) is 10.5. The van der Waals surface area contributed by atoms with Crippen molar-refractivity contribution in [2.45, 2.75) is 39.5 Å². The van der Waals surface area contributed by atoms with Crippen molar-refractivity contribution in [1.82, 2.24) is 15.3 Å². The first-order valence-corrected chi connectivity index (χ1v) is 7.55. The molecule has 0 aromatic carbocycles. The highest BCUT2D eigenvalue weighted by atomic mass is 19.3. The van der Waals surface area contributed by atoms with Gasteiger partial charge in [0.15, 0.2) is 0 Å². The lowest BCUT2D eigenvalue weighted by Gasteiger charge is -2.33. The number of hydrogen-bond donors (Lipinski definition) is 1. The maximum Gasteiger partial charge on any atom is 0.255 e. The zero-order valence-corrected chi connectivity index (χ0v) is 13.0. The lowest BCUT2D eigenvalue weighted by molar-refractivity contribution is -0.122. The van der Waals surface area contributed by atoms with E-state index in [0.717, 1.165) is 43.1 Å². The monoisotopic (exact) mass is 312 g/mol. The fourth-order valence-corrected chi connectivity index (χ4v) is 2.70. The number of nitrogens with zero attached hydrogens (tertiary/aromatic N) is 3. The second-order valence-electron chi connectivity index (χ2n) is 5.75. The van der Waals surface area contributed by atoms with Crippen molar-refractivity contribution in [1.29, 1.82) is 0 Å². The normalized spacial score (nSPS) is 16.1. The van der Waals surface area contributed by atoms with Gasteiger partial charge >= 0.3 is 0 Å². The number of amides is 1. The summed E-state index contributed by atoms with van der Waals surface area (Å²) in [5.41, 5.74) is 1.79. The van der Waals surface area contributed by atoms with Crippen LogP contribution in [0.2, 0.25) is 0 Å². The van der Waals surface area contributed by atoms with Gasteiger partial charge < -0.3 is 10.2 Å². The van der Waals surface area contributed by atoms with Crippen molar-refractivity contribution in [2.75, 3.05) is 24.5 Å². The van der Waals surface area contributed by atoms with Gasteiger partial charge in [-0.1, -0.05) is 0 Å². The molecule has 1 saturated heterocycles. The Morgan fingerprint density at radius 1 is 1.41 bits per heavy atom. The van der Waals surface area contributed by atoms with Crippen molar-refractivity contribution in [2.24, 2.45) is 5.92 Å². The second-order valence-corrected chi connectivity index (χ2v) is 5.75. The third-order valence-electron chi connectivity index (χ3n) is 3.89. The zero-order valence-electron chi connectivity index (χ0n) is 13.0. The molecular weight excluding hydrogens is 290 g/mol. The topological polar surface area (TPSA) is 58.1 Å². The van der Waals surface area contributed by atoms with Crippen LogP contribution in [0.5, 0.6) is 0 Å². The Balaban J connectivity index is 1.83. The van der Waals surface area contributed by atoms with E-state index in [1.807, 2.05) is 13.8 Å². The Kier molecular flexibility index (Phi) is 5.63. The highest BCUT2D eigenvalue weighted by Crippen LogP contribution is 2.25. The van der Waals surface area contributed by atoms with Crippen molar-refractivity contribution in [3.63, 3.8) is 0 Å². The number of anilines is 1. The number of nitrogens with one attached hydrogen (secondary N) is 1. The van der Waals surface area contributed by atoms with E-state index in [1.165, 1.54) is 0 Å². The van der Waals surface area contributed by atoms with E-state index in [-0.39, 0.29) is 11.8 Å². The van der Waals surface area contributed by atoms with Crippen molar-refractivity contribution < 1.29 is 13.6 Å². The summed E-state index contributed by atoms with van der Waals surface area (Å²) >= 11 is 0. The largest absolute Gasteiger partial charge is 0.355 e. The van der Waals surface area contributed by atoms with Gasteiger partial charge in [0.2, 0.25) is 5.91 Å². The lowest BCUT2D eigenvalue weighted by Crippen LogP contribution is -2.37. The van der Waals surface area contributed by atoms with Gasteiger partial charge in [0.25, 0.3) is 6.43 Å². The fraction of sp³-hybridized carbons (Fsp3) is 0.667. The number of piperidine rings is 1. The summed E-state index contributed by atoms with van der Waals surface area (Å²) < 4.78 is 24.1. The standard InChI is InChI=1S/C15H22F2N4O/c1-10-8-18-11(2)15(20-10)21-5-3-12(4-6-21)7-14(22)19-9-13(16)17/h8,12-13H,3-7,9H2,1-2H3,(H,19,22). The maximum absolute atomic E-state index is 12.0. The molecule has 0 radical (unpaired) electrons. The Bertz CT molecular complexity index is 516. The van der Waals surface area contributed by atoms with Crippen LogP contribution in [0.25, 0.3) is 0 Å². The molecule has 7 heteroatoms.